The third kappa shape index (κ3) is 10.3. The average Bonchev–Trinajstić information content (AvgIpc) is 3.01. The summed E-state index contributed by atoms with van der Waals surface area (Å²) in [4.78, 5) is 42.5. The van der Waals surface area contributed by atoms with Crippen molar-refractivity contribution in [2.24, 2.45) is 5.92 Å². The van der Waals surface area contributed by atoms with E-state index in [4.69, 9.17) is 24.2 Å². The van der Waals surface area contributed by atoms with Gasteiger partial charge in [0.2, 0.25) is 0 Å². The number of esters is 2. The van der Waals surface area contributed by atoms with E-state index < -0.39 is 23.5 Å². The maximum Gasteiger partial charge on any atom is 0.311 e. The standard InChI is InChI=1S/C34H52N6O5/c1-7-8-18-43-19-20-44-29(41)21-27(33(42)45-34(4,5)6)22-36-30-23(2)32(38-24(3)37-30)40-16-13-25(14-17-40)28-12-11-26-10-9-15-35-31(26)39-28/h11-12,25,27H,7-10,13-22H2,1-6H3,(H,35,39)(H,36,37,38)/t27-/m0/s1. The van der Waals surface area contributed by atoms with E-state index in [1.54, 1.807) is 0 Å². The topological polar surface area (TPSA) is 128 Å². The molecule has 0 spiro atoms. The predicted octanol–water partition coefficient (Wildman–Crippen LogP) is 5.35. The Hall–Kier alpha value is -3.47. The van der Waals surface area contributed by atoms with Gasteiger partial charge < -0.3 is 29.7 Å². The highest BCUT2D eigenvalue weighted by Gasteiger charge is 2.30. The summed E-state index contributed by atoms with van der Waals surface area (Å²) in [5.41, 5.74) is 2.70. The van der Waals surface area contributed by atoms with E-state index in [1.807, 2.05) is 34.6 Å². The van der Waals surface area contributed by atoms with Crippen LogP contribution in [0.3, 0.4) is 0 Å². The number of nitrogens with zero attached hydrogens (tertiary/aromatic N) is 4. The Kier molecular flexibility index (Phi) is 12.4. The fourth-order valence-electron chi connectivity index (χ4n) is 5.72. The summed E-state index contributed by atoms with van der Waals surface area (Å²) in [7, 11) is 0. The van der Waals surface area contributed by atoms with Crippen LogP contribution in [0.15, 0.2) is 12.1 Å². The molecule has 1 saturated heterocycles. The number of carbonyl (C=O) groups is 2. The number of anilines is 3. The Morgan fingerprint density at radius 3 is 2.60 bits per heavy atom. The van der Waals surface area contributed by atoms with Crippen molar-refractivity contribution in [2.75, 3.05) is 61.5 Å². The summed E-state index contributed by atoms with van der Waals surface area (Å²) in [5, 5.41) is 6.79. The summed E-state index contributed by atoms with van der Waals surface area (Å²) >= 11 is 0. The fourth-order valence-corrected chi connectivity index (χ4v) is 5.72. The zero-order chi connectivity index (χ0) is 32.4. The molecule has 2 aliphatic heterocycles. The second kappa shape index (κ2) is 16.2. The first-order chi connectivity index (χ1) is 21.5. The van der Waals surface area contributed by atoms with E-state index in [2.05, 4.69) is 39.6 Å². The molecular weight excluding hydrogens is 572 g/mol. The van der Waals surface area contributed by atoms with Crippen LogP contribution in [0.25, 0.3) is 0 Å². The van der Waals surface area contributed by atoms with Gasteiger partial charge in [0.05, 0.1) is 18.9 Å². The highest BCUT2D eigenvalue weighted by atomic mass is 16.6. The van der Waals surface area contributed by atoms with Gasteiger partial charge in [0, 0.05) is 50.0 Å². The molecule has 2 aromatic heterocycles. The van der Waals surface area contributed by atoms with Crippen LogP contribution in [0.5, 0.6) is 0 Å². The quantitative estimate of drug-likeness (QED) is 0.209. The molecule has 0 aromatic carbocycles. The van der Waals surface area contributed by atoms with Gasteiger partial charge in [-0.05, 0) is 78.4 Å². The molecule has 2 aliphatic rings. The molecule has 4 heterocycles. The number of aromatic nitrogens is 3. The van der Waals surface area contributed by atoms with Crippen LogP contribution in [0.1, 0.15) is 94.8 Å². The Morgan fingerprint density at radius 1 is 1.09 bits per heavy atom. The van der Waals surface area contributed by atoms with Crippen LogP contribution in [-0.2, 0) is 30.2 Å². The van der Waals surface area contributed by atoms with Gasteiger partial charge in [-0.25, -0.2) is 15.0 Å². The van der Waals surface area contributed by atoms with Gasteiger partial charge >= 0.3 is 11.9 Å². The van der Waals surface area contributed by atoms with E-state index in [0.717, 1.165) is 81.1 Å². The Bertz CT molecular complexity index is 1290. The molecule has 4 rings (SSSR count). The molecule has 11 heteroatoms. The lowest BCUT2D eigenvalue weighted by Gasteiger charge is -2.34. The van der Waals surface area contributed by atoms with Crippen molar-refractivity contribution in [1.82, 2.24) is 15.0 Å². The van der Waals surface area contributed by atoms with Gasteiger partial charge in [-0.3, -0.25) is 9.59 Å². The number of aryl methyl sites for hydroxylation is 2. The molecule has 0 saturated carbocycles. The van der Waals surface area contributed by atoms with Crippen LogP contribution in [0.4, 0.5) is 17.5 Å². The molecule has 45 heavy (non-hydrogen) atoms. The lowest BCUT2D eigenvalue weighted by atomic mass is 9.92. The molecule has 2 aromatic rings. The highest BCUT2D eigenvalue weighted by Crippen LogP contribution is 2.33. The third-order valence-electron chi connectivity index (χ3n) is 8.16. The number of rotatable bonds is 14. The van der Waals surface area contributed by atoms with Crippen LogP contribution in [0.2, 0.25) is 0 Å². The van der Waals surface area contributed by atoms with Crippen LogP contribution >= 0.6 is 0 Å². The minimum absolute atomic E-state index is 0.105. The van der Waals surface area contributed by atoms with Gasteiger partial charge in [0.15, 0.2) is 0 Å². The SMILES string of the molecule is CCCCOCCOC(=O)C[C@@H](CNc1nc(C)nc(N2CCC(c3ccc4c(n3)NCCC4)CC2)c1C)C(=O)OC(C)(C)C. The van der Waals surface area contributed by atoms with E-state index in [-0.39, 0.29) is 19.6 Å². The Morgan fingerprint density at radius 2 is 1.87 bits per heavy atom. The first-order valence-corrected chi connectivity index (χ1v) is 16.6. The van der Waals surface area contributed by atoms with E-state index in [0.29, 0.717) is 30.8 Å². The van der Waals surface area contributed by atoms with Crippen molar-refractivity contribution in [2.45, 2.75) is 98.0 Å². The van der Waals surface area contributed by atoms with E-state index in [9.17, 15) is 9.59 Å². The number of pyridine rings is 1. The molecule has 11 nitrogen and oxygen atoms in total. The summed E-state index contributed by atoms with van der Waals surface area (Å²) in [5.74, 6) is 1.97. The summed E-state index contributed by atoms with van der Waals surface area (Å²) in [6, 6.07) is 4.44. The lowest BCUT2D eigenvalue weighted by molar-refractivity contribution is -0.163. The van der Waals surface area contributed by atoms with Gasteiger partial charge in [-0.2, -0.15) is 0 Å². The number of fused-ring (bicyclic) bond motifs is 1. The molecule has 0 aliphatic carbocycles. The summed E-state index contributed by atoms with van der Waals surface area (Å²) in [6.45, 7) is 15.4. The number of hydrogen-bond donors (Lipinski definition) is 2. The van der Waals surface area contributed by atoms with Gasteiger partial charge in [-0.15, -0.1) is 0 Å². The van der Waals surface area contributed by atoms with Crippen molar-refractivity contribution in [1.29, 1.82) is 0 Å². The predicted molar refractivity (Wildman–Crippen MR) is 176 cm³/mol. The Labute approximate surface area is 268 Å². The van der Waals surface area contributed by atoms with Gasteiger partial charge in [0.25, 0.3) is 0 Å². The Balaban J connectivity index is 1.38. The van der Waals surface area contributed by atoms with Crippen LogP contribution in [-0.4, -0.2) is 78.5 Å². The molecule has 1 atom stereocenters. The van der Waals surface area contributed by atoms with Crippen molar-refractivity contribution >= 4 is 29.4 Å². The largest absolute Gasteiger partial charge is 0.463 e. The van der Waals surface area contributed by atoms with Crippen molar-refractivity contribution in [3.8, 4) is 0 Å². The normalized spacial score (nSPS) is 16.0. The molecule has 0 amide bonds. The fraction of sp³-hybridized carbons (Fsp3) is 0.676. The number of unbranched alkanes of at least 4 members (excludes halogenated alkanes) is 1. The molecule has 2 N–H and O–H groups in total. The summed E-state index contributed by atoms with van der Waals surface area (Å²) < 4.78 is 16.5. The van der Waals surface area contributed by atoms with Gasteiger partial charge in [0.1, 0.15) is 35.5 Å². The smallest absolute Gasteiger partial charge is 0.311 e. The first kappa shape index (κ1) is 34.4. The first-order valence-electron chi connectivity index (χ1n) is 16.6. The number of hydrogen-bond acceptors (Lipinski definition) is 11. The summed E-state index contributed by atoms with van der Waals surface area (Å²) in [6.07, 6.45) is 6.13. The van der Waals surface area contributed by atoms with Crippen molar-refractivity contribution in [3.63, 3.8) is 0 Å². The third-order valence-corrected chi connectivity index (χ3v) is 8.16. The average molecular weight is 625 g/mol. The molecule has 0 unspecified atom stereocenters. The maximum absolute atomic E-state index is 13.1. The lowest BCUT2D eigenvalue weighted by Crippen LogP contribution is -2.35. The van der Waals surface area contributed by atoms with E-state index >= 15 is 0 Å². The minimum Gasteiger partial charge on any atom is -0.463 e. The van der Waals surface area contributed by atoms with Crippen molar-refractivity contribution < 1.29 is 23.8 Å². The zero-order valence-corrected chi connectivity index (χ0v) is 28.0. The highest BCUT2D eigenvalue weighted by molar-refractivity contribution is 5.81. The number of piperidine rings is 1. The van der Waals surface area contributed by atoms with Crippen molar-refractivity contribution in [3.05, 3.63) is 34.8 Å². The molecule has 0 bridgehead atoms. The number of ether oxygens (including phenoxy) is 3. The number of nitrogens with one attached hydrogen (secondary N) is 2. The number of carbonyl (C=O) groups excluding carboxylic acids is 2. The zero-order valence-electron chi connectivity index (χ0n) is 28.0. The monoisotopic (exact) mass is 624 g/mol. The molecular formula is C34H52N6O5. The van der Waals surface area contributed by atoms with E-state index in [1.165, 1.54) is 5.56 Å². The van der Waals surface area contributed by atoms with Crippen LogP contribution < -0.4 is 15.5 Å². The van der Waals surface area contributed by atoms with Gasteiger partial charge in [-0.1, -0.05) is 19.4 Å². The minimum atomic E-state index is -0.745. The second-order valence-corrected chi connectivity index (χ2v) is 13.1. The maximum atomic E-state index is 13.1. The molecule has 248 valence electrons. The molecule has 0 radical (unpaired) electrons. The second-order valence-electron chi connectivity index (χ2n) is 13.1. The van der Waals surface area contributed by atoms with Crippen LogP contribution in [0, 0.1) is 19.8 Å². The molecule has 1 fully saturated rings.